The third kappa shape index (κ3) is 3.97. The van der Waals surface area contributed by atoms with Gasteiger partial charge in [-0.15, -0.1) is 0 Å². The summed E-state index contributed by atoms with van der Waals surface area (Å²) >= 11 is 17.0. The number of aryl methyl sites for hydroxylation is 1. The average molecular weight is 353 g/mol. The number of hydrogen-bond donors (Lipinski definition) is 2. The normalized spacial score (nSPS) is 10.2. The second kappa shape index (κ2) is 7.09. The van der Waals surface area contributed by atoms with E-state index in [1.165, 1.54) is 6.07 Å². The van der Waals surface area contributed by atoms with Crippen molar-refractivity contribution in [2.75, 3.05) is 5.32 Å². The van der Waals surface area contributed by atoms with Gasteiger partial charge in [-0.05, 0) is 61.5 Å². The van der Waals surface area contributed by atoms with E-state index in [0.29, 0.717) is 10.6 Å². The highest BCUT2D eigenvalue weighted by molar-refractivity contribution is 7.80. The van der Waals surface area contributed by atoms with E-state index in [9.17, 15) is 4.79 Å². The Hall–Kier alpha value is -1.62. The smallest absolute Gasteiger partial charge is 0.258 e. The number of carbonyl (C=O) groups is 1. The Morgan fingerprint density at radius 1 is 1.14 bits per heavy atom. The van der Waals surface area contributed by atoms with Gasteiger partial charge in [0.2, 0.25) is 0 Å². The maximum atomic E-state index is 12.2. The quantitative estimate of drug-likeness (QED) is 0.767. The number of benzene rings is 2. The molecule has 2 aromatic rings. The Bertz CT molecular complexity index is 747. The lowest BCUT2D eigenvalue weighted by Gasteiger charge is -2.13. The van der Waals surface area contributed by atoms with Crippen LogP contribution < -0.4 is 10.6 Å². The fourth-order valence-corrected chi connectivity index (χ4v) is 2.58. The van der Waals surface area contributed by atoms with Gasteiger partial charge in [-0.25, -0.2) is 0 Å². The maximum absolute atomic E-state index is 12.2. The molecule has 0 heterocycles. The van der Waals surface area contributed by atoms with Crippen LogP contribution in [-0.2, 0) is 0 Å². The summed E-state index contributed by atoms with van der Waals surface area (Å²) in [5.74, 6) is -0.385. The Morgan fingerprint density at radius 3 is 2.55 bits per heavy atom. The topological polar surface area (TPSA) is 41.1 Å². The van der Waals surface area contributed by atoms with Crippen LogP contribution in [0.1, 0.15) is 21.5 Å². The monoisotopic (exact) mass is 352 g/mol. The first kappa shape index (κ1) is 16.7. The molecule has 0 radical (unpaired) electrons. The van der Waals surface area contributed by atoms with Crippen LogP contribution in [0.3, 0.4) is 0 Å². The molecule has 0 spiro atoms. The number of amides is 1. The molecule has 0 fully saturated rings. The van der Waals surface area contributed by atoms with Gasteiger partial charge in [-0.1, -0.05) is 35.3 Å². The van der Waals surface area contributed by atoms with Crippen molar-refractivity contribution in [3.63, 3.8) is 0 Å². The number of thiocarbonyl (C=S) groups is 1. The molecule has 0 saturated carbocycles. The van der Waals surface area contributed by atoms with Gasteiger partial charge in [0.15, 0.2) is 5.11 Å². The molecule has 0 bridgehead atoms. The van der Waals surface area contributed by atoms with Crippen LogP contribution in [0.15, 0.2) is 36.4 Å². The van der Waals surface area contributed by atoms with Gasteiger partial charge in [-0.3, -0.25) is 10.1 Å². The molecule has 2 N–H and O–H groups in total. The first-order valence-corrected chi connectivity index (χ1v) is 7.68. The second-order valence-corrected chi connectivity index (χ2v) is 6.03. The summed E-state index contributed by atoms with van der Waals surface area (Å²) < 4.78 is 0. The molecule has 22 heavy (non-hydrogen) atoms. The summed E-state index contributed by atoms with van der Waals surface area (Å²) in [6, 6.07) is 10.5. The van der Waals surface area contributed by atoms with Gasteiger partial charge in [-0.2, -0.15) is 0 Å². The van der Waals surface area contributed by atoms with Crippen LogP contribution in [0.2, 0.25) is 10.0 Å². The van der Waals surface area contributed by atoms with Crippen LogP contribution in [-0.4, -0.2) is 11.0 Å². The molecule has 114 valence electrons. The van der Waals surface area contributed by atoms with E-state index in [4.69, 9.17) is 35.4 Å². The van der Waals surface area contributed by atoms with Gasteiger partial charge in [0.1, 0.15) is 0 Å². The van der Waals surface area contributed by atoms with Crippen molar-refractivity contribution < 1.29 is 4.79 Å². The molecular weight excluding hydrogens is 339 g/mol. The number of carbonyl (C=O) groups excluding carboxylic acids is 1. The molecule has 0 aliphatic heterocycles. The SMILES string of the molecule is Cc1cccc(NC(=S)NC(=O)c2ccc(Cl)cc2Cl)c1C. The number of halogens is 2. The van der Waals surface area contributed by atoms with E-state index in [2.05, 4.69) is 10.6 Å². The Kier molecular flexibility index (Phi) is 5.40. The molecule has 2 aromatic carbocycles. The number of nitrogens with one attached hydrogen (secondary N) is 2. The van der Waals surface area contributed by atoms with Crippen molar-refractivity contribution in [2.24, 2.45) is 0 Å². The minimum absolute atomic E-state index is 0.213. The third-order valence-electron chi connectivity index (χ3n) is 3.26. The fraction of sp³-hybridized carbons (Fsp3) is 0.125. The summed E-state index contributed by atoms with van der Waals surface area (Å²) in [7, 11) is 0. The van der Waals surface area contributed by atoms with Gasteiger partial charge in [0.25, 0.3) is 5.91 Å². The van der Waals surface area contributed by atoms with E-state index in [0.717, 1.165) is 16.8 Å². The van der Waals surface area contributed by atoms with Crippen molar-refractivity contribution in [1.29, 1.82) is 0 Å². The molecule has 0 aliphatic rings. The molecule has 0 aromatic heterocycles. The molecule has 2 rings (SSSR count). The Morgan fingerprint density at radius 2 is 1.86 bits per heavy atom. The van der Waals surface area contributed by atoms with Gasteiger partial charge < -0.3 is 5.32 Å². The lowest BCUT2D eigenvalue weighted by atomic mass is 10.1. The van der Waals surface area contributed by atoms with Crippen LogP contribution in [0, 0.1) is 13.8 Å². The van der Waals surface area contributed by atoms with E-state index in [-0.39, 0.29) is 16.0 Å². The molecule has 0 saturated heterocycles. The Labute approximate surface area is 144 Å². The molecule has 0 aliphatic carbocycles. The average Bonchev–Trinajstić information content (AvgIpc) is 2.43. The van der Waals surface area contributed by atoms with E-state index in [1.54, 1.807) is 12.1 Å². The Balaban J connectivity index is 2.08. The first-order valence-electron chi connectivity index (χ1n) is 6.52. The van der Waals surface area contributed by atoms with Crippen molar-refractivity contribution >= 4 is 52.1 Å². The van der Waals surface area contributed by atoms with Crippen molar-refractivity contribution in [1.82, 2.24) is 5.32 Å². The first-order chi connectivity index (χ1) is 10.4. The minimum Gasteiger partial charge on any atom is -0.332 e. The summed E-state index contributed by atoms with van der Waals surface area (Å²) in [6.07, 6.45) is 0. The maximum Gasteiger partial charge on any atom is 0.258 e. The molecule has 0 atom stereocenters. The van der Waals surface area contributed by atoms with Gasteiger partial charge in [0, 0.05) is 10.7 Å². The van der Waals surface area contributed by atoms with Gasteiger partial charge >= 0.3 is 0 Å². The zero-order valence-corrected chi connectivity index (χ0v) is 14.4. The highest BCUT2D eigenvalue weighted by Gasteiger charge is 2.12. The highest BCUT2D eigenvalue weighted by Crippen LogP contribution is 2.21. The van der Waals surface area contributed by atoms with Crippen molar-refractivity contribution in [3.05, 3.63) is 63.1 Å². The molecule has 0 unspecified atom stereocenters. The van der Waals surface area contributed by atoms with Gasteiger partial charge in [0.05, 0.1) is 10.6 Å². The molecular formula is C16H14Cl2N2OS. The number of anilines is 1. The van der Waals surface area contributed by atoms with E-state index in [1.807, 2.05) is 32.0 Å². The number of hydrogen-bond acceptors (Lipinski definition) is 2. The van der Waals surface area contributed by atoms with Crippen LogP contribution in [0.4, 0.5) is 5.69 Å². The number of rotatable bonds is 2. The van der Waals surface area contributed by atoms with E-state index >= 15 is 0 Å². The lowest BCUT2D eigenvalue weighted by Crippen LogP contribution is -2.34. The fourth-order valence-electron chi connectivity index (χ4n) is 1.88. The standard InChI is InChI=1S/C16H14Cl2N2OS/c1-9-4-3-5-14(10(9)2)19-16(22)20-15(21)12-7-6-11(17)8-13(12)18/h3-8H,1-2H3,(H2,19,20,21,22). The predicted molar refractivity (Wildman–Crippen MR) is 96.1 cm³/mol. The third-order valence-corrected chi connectivity index (χ3v) is 4.01. The summed E-state index contributed by atoms with van der Waals surface area (Å²) in [5, 5.41) is 6.58. The molecule has 6 heteroatoms. The largest absolute Gasteiger partial charge is 0.332 e. The van der Waals surface area contributed by atoms with Crippen LogP contribution in [0.5, 0.6) is 0 Å². The molecule has 3 nitrogen and oxygen atoms in total. The van der Waals surface area contributed by atoms with Crippen LogP contribution in [0.25, 0.3) is 0 Å². The summed E-state index contributed by atoms with van der Waals surface area (Å²) in [5.41, 5.74) is 3.38. The second-order valence-electron chi connectivity index (χ2n) is 4.78. The molecule has 1 amide bonds. The predicted octanol–water partition coefficient (Wildman–Crippen LogP) is 4.74. The summed E-state index contributed by atoms with van der Waals surface area (Å²) in [4.78, 5) is 12.2. The zero-order chi connectivity index (χ0) is 16.3. The zero-order valence-electron chi connectivity index (χ0n) is 12.0. The summed E-state index contributed by atoms with van der Waals surface area (Å²) in [6.45, 7) is 3.99. The van der Waals surface area contributed by atoms with Crippen molar-refractivity contribution in [3.8, 4) is 0 Å². The van der Waals surface area contributed by atoms with Crippen molar-refractivity contribution in [2.45, 2.75) is 13.8 Å². The lowest BCUT2D eigenvalue weighted by molar-refractivity contribution is 0.0978. The van der Waals surface area contributed by atoms with Crippen LogP contribution >= 0.6 is 35.4 Å². The highest BCUT2D eigenvalue weighted by atomic mass is 35.5. The van der Waals surface area contributed by atoms with E-state index < -0.39 is 0 Å². The minimum atomic E-state index is -0.385.